The first kappa shape index (κ1) is 21.3. The van der Waals surface area contributed by atoms with Crippen molar-refractivity contribution in [2.45, 2.75) is 37.6 Å². The zero-order valence-electron chi connectivity index (χ0n) is 17.3. The molecule has 4 aromatic rings. The minimum absolute atomic E-state index is 0.158. The minimum atomic E-state index is -4.44. The number of hydrogen-bond acceptors (Lipinski definition) is 5. The third kappa shape index (κ3) is 4.00. The molecule has 1 aromatic carbocycles. The predicted molar refractivity (Wildman–Crippen MR) is 116 cm³/mol. The van der Waals surface area contributed by atoms with Crippen molar-refractivity contribution in [3.8, 4) is 22.5 Å². The Morgan fingerprint density at radius 2 is 1.85 bits per heavy atom. The second-order valence-electron chi connectivity index (χ2n) is 8.15. The second kappa shape index (κ2) is 8.08. The van der Waals surface area contributed by atoms with Crippen molar-refractivity contribution in [2.24, 2.45) is 0 Å². The number of benzene rings is 1. The van der Waals surface area contributed by atoms with Crippen LogP contribution in [0.25, 0.3) is 33.4 Å². The van der Waals surface area contributed by atoms with Crippen molar-refractivity contribution in [3.63, 3.8) is 0 Å². The van der Waals surface area contributed by atoms with E-state index in [4.69, 9.17) is 0 Å². The highest BCUT2D eigenvalue weighted by atomic mass is 19.4. The Kier molecular flexibility index (Phi) is 5.20. The van der Waals surface area contributed by atoms with Gasteiger partial charge in [-0.3, -0.25) is 14.3 Å². The van der Waals surface area contributed by atoms with Crippen LogP contribution in [-0.4, -0.2) is 30.7 Å². The van der Waals surface area contributed by atoms with Gasteiger partial charge in [0, 0.05) is 29.6 Å². The topological polar surface area (TPSA) is 80.9 Å². The average molecular weight is 452 g/mol. The number of halogens is 3. The molecule has 0 aliphatic heterocycles. The highest BCUT2D eigenvalue weighted by Gasteiger charge is 2.30. The van der Waals surface area contributed by atoms with Crippen LogP contribution in [0.1, 0.15) is 30.9 Å². The largest absolute Gasteiger partial charge is 0.416 e. The fraction of sp³-hybridized carbons (Fsp3) is 0.250. The summed E-state index contributed by atoms with van der Waals surface area (Å²) in [6, 6.07) is 9.58. The normalized spacial score (nSPS) is 18.7. The lowest BCUT2D eigenvalue weighted by Gasteiger charge is -2.15. The molecular formula is C24H19F3N4O2. The number of rotatable bonds is 3. The molecule has 0 amide bonds. The Morgan fingerprint density at radius 1 is 1.06 bits per heavy atom. The zero-order chi connectivity index (χ0) is 23.2. The fourth-order valence-corrected chi connectivity index (χ4v) is 4.27. The number of aliphatic hydroxyl groups excluding tert-OH is 1. The van der Waals surface area contributed by atoms with Crippen molar-refractivity contribution in [2.75, 3.05) is 0 Å². The molecule has 1 fully saturated rings. The van der Waals surface area contributed by atoms with Crippen LogP contribution < -0.4 is 5.56 Å². The number of fused-ring (bicyclic) bond motifs is 1. The number of pyridine rings is 2. The van der Waals surface area contributed by atoms with Crippen molar-refractivity contribution >= 4 is 10.9 Å². The zero-order valence-corrected chi connectivity index (χ0v) is 17.3. The summed E-state index contributed by atoms with van der Waals surface area (Å²) in [6.45, 7) is 0. The smallest absolute Gasteiger partial charge is 0.393 e. The molecule has 6 nitrogen and oxygen atoms in total. The molecule has 0 radical (unpaired) electrons. The third-order valence-corrected chi connectivity index (χ3v) is 5.98. The highest BCUT2D eigenvalue weighted by Crippen LogP contribution is 2.33. The van der Waals surface area contributed by atoms with Crippen LogP contribution in [0.3, 0.4) is 0 Å². The van der Waals surface area contributed by atoms with E-state index < -0.39 is 17.8 Å². The lowest BCUT2D eigenvalue weighted by Crippen LogP contribution is -2.24. The fourth-order valence-electron chi connectivity index (χ4n) is 4.27. The summed E-state index contributed by atoms with van der Waals surface area (Å²) in [6.07, 6.45) is 1.54. The molecule has 3 heterocycles. The van der Waals surface area contributed by atoms with E-state index >= 15 is 0 Å². The Morgan fingerprint density at radius 3 is 2.48 bits per heavy atom. The lowest BCUT2D eigenvalue weighted by atomic mass is 10.0. The van der Waals surface area contributed by atoms with E-state index in [9.17, 15) is 23.1 Å². The molecule has 3 aromatic heterocycles. The van der Waals surface area contributed by atoms with Crippen molar-refractivity contribution in [1.29, 1.82) is 0 Å². The van der Waals surface area contributed by atoms with Crippen LogP contribution in [0.4, 0.5) is 13.2 Å². The van der Waals surface area contributed by atoms with Gasteiger partial charge in [-0.15, -0.1) is 0 Å². The van der Waals surface area contributed by atoms with Crippen LogP contribution in [0.15, 0.2) is 66.0 Å². The number of alkyl halides is 3. The quantitative estimate of drug-likeness (QED) is 0.490. The van der Waals surface area contributed by atoms with Crippen LogP contribution in [-0.2, 0) is 6.18 Å². The molecule has 0 unspecified atom stereocenters. The summed E-state index contributed by atoms with van der Waals surface area (Å²) < 4.78 is 40.5. The molecule has 2 atom stereocenters. The van der Waals surface area contributed by atoms with E-state index in [2.05, 4.69) is 15.0 Å². The van der Waals surface area contributed by atoms with E-state index in [0.717, 1.165) is 12.1 Å². The van der Waals surface area contributed by atoms with E-state index in [-0.39, 0.29) is 11.6 Å². The predicted octanol–water partition coefficient (Wildman–Crippen LogP) is 4.63. The SMILES string of the molecule is O=c1c2cc(-c3ccc(C(F)(F)F)cc3)nc(-c3cccnc3)c2ncn1[C@@H]1CC[C@H](O)C1. The molecule has 1 aliphatic rings. The van der Waals surface area contributed by atoms with E-state index in [1.165, 1.54) is 23.0 Å². The molecule has 1 N–H and O–H groups in total. The van der Waals surface area contributed by atoms with Gasteiger partial charge in [0.15, 0.2) is 0 Å². The summed E-state index contributed by atoms with van der Waals surface area (Å²) in [4.78, 5) is 26.7. The molecule has 0 bridgehead atoms. The van der Waals surface area contributed by atoms with E-state index in [1.807, 2.05) is 0 Å². The average Bonchev–Trinajstić information content (AvgIpc) is 3.25. The van der Waals surface area contributed by atoms with Gasteiger partial charge in [-0.2, -0.15) is 13.2 Å². The standard InChI is InChI=1S/C24H19F3N4O2/c25-24(26,27)16-5-3-14(4-6-16)20-11-19-22(21(30-20)15-2-1-9-28-12-15)29-13-31(23(19)33)17-7-8-18(32)10-17/h1-6,9,11-13,17-18,32H,7-8,10H2/t17-,18+/m1/s1. The van der Waals surface area contributed by atoms with E-state index in [0.29, 0.717) is 52.7 Å². The number of hydrogen-bond donors (Lipinski definition) is 1. The Hall–Kier alpha value is -3.59. The van der Waals surface area contributed by atoms with Crippen molar-refractivity contribution in [1.82, 2.24) is 19.5 Å². The maximum absolute atomic E-state index is 13.4. The van der Waals surface area contributed by atoms with Crippen molar-refractivity contribution in [3.05, 3.63) is 77.1 Å². The highest BCUT2D eigenvalue weighted by molar-refractivity contribution is 5.93. The molecule has 9 heteroatoms. The summed E-state index contributed by atoms with van der Waals surface area (Å²) in [5.41, 5.74) is 1.21. The van der Waals surface area contributed by atoms with Crippen LogP contribution in [0, 0.1) is 0 Å². The van der Waals surface area contributed by atoms with Gasteiger partial charge in [0.25, 0.3) is 5.56 Å². The molecule has 0 spiro atoms. The van der Waals surface area contributed by atoms with Gasteiger partial charge in [-0.05, 0) is 49.6 Å². The Labute approximate surface area is 186 Å². The first-order chi connectivity index (χ1) is 15.8. The maximum atomic E-state index is 13.4. The van der Waals surface area contributed by atoms with Crippen LogP contribution in [0.5, 0.6) is 0 Å². The van der Waals surface area contributed by atoms with Crippen LogP contribution in [0.2, 0.25) is 0 Å². The number of nitrogens with zero attached hydrogens (tertiary/aromatic N) is 4. The van der Waals surface area contributed by atoms with Gasteiger partial charge >= 0.3 is 6.18 Å². The molecule has 5 rings (SSSR count). The summed E-state index contributed by atoms with van der Waals surface area (Å²) in [5.74, 6) is 0. The molecule has 1 saturated carbocycles. The third-order valence-electron chi connectivity index (χ3n) is 5.98. The Bertz CT molecular complexity index is 1370. The molecular weight excluding hydrogens is 433 g/mol. The van der Waals surface area contributed by atoms with Gasteiger partial charge in [-0.25, -0.2) is 9.97 Å². The van der Waals surface area contributed by atoms with Gasteiger partial charge in [0.1, 0.15) is 5.52 Å². The first-order valence-electron chi connectivity index (χ1n) is 10.5. The summed E-state index contributed by atoms with van der Waals surface area (Å²) in [7, 11) is 0. The van der Waals surface area contributed by atoms with Gasteiger partial charge in [0.2, 0.25) is 0 Å². The summed E-state index contributed by atoms with van der Waals surface area (Å²) >= 11 is 0. The van der Waals surface area contributed by atoms with Crippen molar-refractivity contribution < 1.29 is 18.3 Å². The van der Waals surface area contributed by atoms with Gasteiger partial charge < -0.3 is 5.11 Å². The maximum Gasteiger partial charge on any atom is 0.416 e. The number of aromatic nitrogens is 4. The molecule has 33 heavy (non-hydrogen) atoms. The Balaban J connectivity index is 1.71. The van der Waals surface area contributed by atoms with Gasteiger partial charge in [0.05, 0.1) is 34.8 Å². The monoisotopic (exact) mass is 452 g/mol. The molecule has 168 valence electrons. The second-order valence-corrected chi connectivity index (χ2v) is 8.15. The molecule has 1 aliphatic carbocycles. The molecule has 0 saturated heterocycles. The van der Waals surface area contributed by atoms with Crippen LogP contribution >= 0.6 is 0 Å². The van der Waals surface area contributed by atoms with E-state index in [1.54, 1.807) is 30.6 Å². The number of aliphatic hydroxyl groups is 1. The first-order valence-corrected chi connectivity index (χ1v) is 10.5. The lowest BCUT2D eigenvalue weighted by molar-refractivity contribution is -0.137. The van der Waals surface area contributed by atoms with Gasteiger partial charge in [-0.1, -0.05) is 12.1 Å². The summed E-state index contributed by atoms with van der Waals surface area (Å²) in [5, 5.41) is 10.2. The minimum Gasteiger partial charge on any atom is -0.393 e.